The van der Waals surface area contributed by atoms with Crippen LogP contribution < -0.4 is 24.3 Å². The van der Waals surface area contributed by atoms with Gasteiger partial charge in [-0.1, -0.05) is 6.07 Å². The molecule has 2 aromatic rings. The second-order valence-corrected chi connectivity index (χ2v) is 8.93. The Balaban J connectivity index is 1.72. The van der Waals surface area contributed by atoms with Gasteiger partial charge in [0.25, 0.3) is 0 Å². The van der Waals surface area contributed by atoms with Crippen LogP contribution in [0.25, 0.3) is 0 Å². The fourth-order valence-corrected chi connectivity index (χ4v) is 5.28. The van der Waals surface area contributed by atoms with Crippen molar-refractivity contribution >= 4 is 27.6 Å². The SMILES string of the molecule is COc1ccc(C2CC(=O)NC3=C2C(=O)CC(c2cc(OC)c(OC)c(OC)c2)C3)cc1Br. The molecular weight excluding hydrogens is 490 g/mol. The second kappa shape index (κ2) is 9.47. The fourth-order valence-electron chi connectivity index (χ4n) is 4.72. The van der Waals surface area contributed by atoms with Crippen molar-refractivity contribution in [3.63, 3.8) is 0 Å². The van der Waals surface area contributed by atoms with Gasteiger partial charge < -0.3 is 24.3 Å². The molecule has 2 atom stereocenters. The summed E-state index contributed by atoms with van der Waals surface area (Å²) < 4.78 is 22.5. The van der Waals surface area contributed by atoms with Gasteiger partial charge in [0.1, 0.15) is 5.75 Å². The number of nitrogens with one attached hydrogen (secondary N) is 1. The van der Waals surface area contributed by atoms with Gasteiger partial charge in [0.15, 0.2) is 17.3 Å². The van der Waals surface area contributed by atoms with Crippen LogP contribution in [0.15, 0.2) is 46.1 Å². The third kappa shape index (κ3) is 4.31. The summed E-state index contributed by atoms with van der Waals surface area (Å²) >= 11 is 3.51. The normalized spacial score (nSPS) is 20.2. The monoisotopic (exact) mass is 515 g/mol. The van der Waals surface area contributed by atoms with E-state index in [9.17, 15) is 9.59 Å². The number of allylic oxidation sites excluding steroid dienone is 2. The summed E-state index contributed by atoms with van der Waals surface area (Å²) in [6.45, 7) is 0. The van der Waals surface area contributed by atoms with Crippen LogP contribution in [0.4, 0.5) is 0 Å². The molecule has 4 rings (SSSR count). The largest absolute Gasteiger partial charge is 0.496 e. The summed E-state index contributed by atoms with van der Waals surface area (Å²) in [5, 5.41) is 2.96. The Morgan fingerprint density at radius 2 is 1.48 bits per heavy atom. The lowest BCUT2D eigenvalue weighted by atomic mass is 9.73. The molecule has 1 aliphatic heterocycles. The molecule has 1 N–H and O–H groups in total. The number of hydrogen-bond acceptors (Lipinski definition) is 6. The number of carbonyl (C=O) groups is 2. The van der Waals surface area contributed by atoms with E-state index in [1.54, 1.807) is 28.4 Å². The Morgan fingerprint density at radius 3 is 2.06 bits per heavy atom. The van der Waals surface area contributed by atoms with E-state index in [4.69, 9.17) is 18.9 Å². The molecular formula is C25H26BrNO6. The average molecular weight is 516 g/mol. The van der Waals surface area contributed by atoms with E-state index in [2.05, 4.69) is 21.2 Å². The van der Waals surface area contributed by atoms with E-state index in [1.807, 2.05) is 30.3 Å². The molecule has 8 heteroatoms. The molecule has 2 aliphatic rings. The van der Waals surface area contributed by atoms with Gasteiger partial charge in [0.2, 0.25) is 11.7 Å². The highest BCUT2D eigenvalue weighted by Crippen LogP contribution is 2.46. The molecule has 0 fully saturated rings. The predicted molar refractivity (Wildman–Crippen MR) is 126 cm³/mol. The maximum atomic E-state index is 13.4. The number of methoxy groups -OCH3 is 4. The number of Topliss-reactive ketones (excluding diaryl/α,β-unsaturated/α-hetero) is 1. The Hall–Kier alpha value is -3.00. The number of amides is 1. The molecule has 0 radical (unpaired) electrons. The van der Waals surface area contributed by atoms with E-state index in [-0.39, 0.29) is 29.9 Å². The van der Waals surface area contributed by atoms with Gasteiger partial charge in [-0.2, -0.15) is 0 Å². The highest BCUT2D eigenvalue weighted by atomic mass is 79.9. The standard InChI is InChI=1S/C25H26BrNO6/c1-30-20-6-5-13(7-17(20)26)16-12-23(29)27-18-8-14(9-19(28)24(16)18)15-10-21(31-2)25(33-4)22(11-15)32-3/h5-7,10-11,14,16H,8-9,12H2,1-4H3,(H,27,29). The molecule has 174 valence electrons. The molecule has 33 heavy (non-hydrogen) atoms. The van der Waals surface area contributed by atoms with E-state index < -0.39 is 0 Å². The van der Waals surface area contributed by atoms with Gasteiger partial charge in [-0.25, -0.2) is 0 Å². The topological polar surface area (TPSA) is 83.1 Å². The van der Waals surface area contributed by atoms with E-state index in [1.165, 1.54) is 0 Å². The molecule has 0 saturated carbocycles. The molecule has 0 spiro atoms. The van der Waals surface area contributed by atoms with E-state index in [0.717, 1.165) is 15.6 Å². The first-order chi connectivity index (χ1) is 15.9. The van der Waals surface area contributed by atoms with Crippen molar-refractivity contribution in [1.82, 2.24) is 5.32 Å². The van der Waals surface area contributed by atoms with Gasteiger partial charge in [-0.05, 0) is 63.7 Å². The number of hydrogen-bond donors (Lipinski definition) is 1. The highest BCUT2D eigenvalue weighted by molar-refractivity contribution is 9.10. The Morgan fingerprint density at radius 1 is 0.818 bits per heavy atom. The minimum atomic E-state index is -0.288. The maximum Gasteiger partial charge on any atom is 0.225 e. The number of carbonyl (C=O) groups excluding carboxylic acids is 2. The lowest BCUT2D eigenvalue weighted by Gasteiger charge is -2.34. The molecule has 2 unspecified atom stereocenters. The molecule has 7 nitrogen and oxygen atoms in total. The third-order valence-corrected chi connectivity index (χ3v) is 6.89. The van der Waals surface area contributed by atoms with E-state index >= 15 is 0 Å². The van der Waals surface area contributed by atoms with Crippen LogP contribution in [0.1, 0.15) is 42.2 Å². The van der Waals surface area contributed by atoms with Crippen LogP contribution in [-0.4, -0.2) is 40.1 Å². The number of halogens is 1. The van der Waals surface area contributed by atoms with Crippen LogP contribution in [-0.2, 0) is 9.59 Å². The number of ether oxygens (including phenoxy) is 4. The number of ketones is 1. The van der Waals surface area contributed by atoms with Crippen molar-refractivity contribution in [3.05, 3.63) is 57.2 Å². The minimum absolute atomic E-state index is 0.0342. The lowest BCUT2D eigenvalue weighted by Crippen LogP contribution is -2.38. The zero-order valence-electron chi connectivity index (χ0n) is 19.0. The zero-order valence-corrected chi connectivity index (χ0v) is 20.6. The quantitative estimate of drug-likeness (QED) is 0.610. The summed E-state index contributed by atoms with van der Waals surface area (Å²) in [7, 11) is 6.28. The Labute approximate surface area is 201 Å². The molecule has 1 amide bonds. The second-order valence-electron chi connectivity index (χ2n) is 8.08. The zero-order chi connectivity index (χ0) is 23.7. The first-order valence-corrected chi connectivity index (χ1v) is 11.4. The van der Waals surface area contributed by atoms with Gasteiger partial charge in [-0.3, -0.25) is 9.59 Å². The Kier molecular flexibility index (Phi) is 6.65. The molecule has 1 heterocycles. The van der Waals surface area contributed by atoms with Gasteiger partial charge in [-0.15, -0.1) is 0 Å². The first kappa shape index (κ1) is 23.2. The van der Waals surface area contributed by atoms with Crippen LogP contribution in [0, 0.1) is 0 Å². The summed E-state index contributed by atoms with van der Waals surface area (Å²) in [5.41, 5.74) is 3.19. The van der Waals surface area contributed by atoms with Crippen molar-refractivity contribution in [2.45, 2.75) is 31.1 Å². The van der Waals surface area contributed by atoms with Crippen LogP contribution in [0.2, 0.25) is 0 Å². The summed E-state index contributed by atoms with van der Waals surface area (Å²) in [6.07, 6.45) is 1.11. The summed E-state index contributed by atoms with van der Waals surface area (Å²) in [4.78, 5) is 26.0. The van der Waals surface area contributed by atoms with Gasteiger partial charge in [0, 0.05) is 30.0 Å². The molecule has 1 aliphatic carbocycles. The molecule has 0 aromatic heterocycles. The number of benzene rings is 2. The van der Waals surface area contributed by atoms with Crippen LogP contribution in [0.5, 0.6) is 23.0 Å². The van der Waals surface area contributed by atoms with Crippen molar-refractivity contribution in [2.75, 3.05) is 28.4 Å². The van der Waals surface area contributed by atoms with Gasteiger partial charge >= 0.3 is 0 Å². The van der Waals surface area contributed by atoms with Gasteiger partial charge in [0.05, 0.1) is 32.9 Å². The van der Waals surface area contributed by atoms with Crippen LogP contribution in [0.3, 0.4) is 0 Å². The molecule has 2 aromatic carbocycles. The predicted octanol–water partition coefficient (Wildman–Crippen LogP) is 4.49. The van der Waals surface area contributed by atoms with Crippen molar-refractivity contribution in [1.29, 1.82) is 0 Å². The van der Waals surface area contributed by atoms with Crippen LogP contribution >= 0.6 is 15.9 Å². The first-order valence-electron chi connectivity index (χ1n) is 10.6. The maximum absolute atomic E-state index is 13.4. The summed E-state index contributed by atoms with van der Waals surface area (Å²) in [5.74, 6) is 1.81. The van der Waals surface area contributed by atoms with E-state index in [0.29, 0.717) is 47.1 Å². The lowest BCUT2D eigenvalue weighted by molar-refractivity contribution is -0.122. The summed E-state index contributed by atoms with van der Waals surface area (Å²) in [6, 6.07) is 9.42. The smallest absolute Gasteiger partial charge is 0.225 e. The minimum Gasteiger partial charge on any atom is -0.496 e. The molecule has 0 bridgehead atoms. The van der Waals surface area contributed by atoms with Crippen molar-refractivity contribution < 1.29 is 28.5 Å². The van der Waals surface area contributed by atoms with Crippen molar-refractivity contribution in [3.8, 4) is 23.0 Å². The number of rotatable bonds is 6. The van der Waals surface area contributed by atoms with Crippen molar-refractivity contribution in [2.24, 2.45) is 0 Å². The third-order valence-electron chi connectivity index (χ3n) is 6.27. The highest BCUT2D eigenvalue weighted by Gasteiger charge is 2.38. The fraction of sp³-hybridized carbons (Fsp3) is 0.360. The molecule has 0 saturated heterocycles. The Bertz CT molecular complexity index is 1120. The average Bonchev–Trinajstić information content (AvgIpc) is 2.81.